The number of nitrogens with zero attached hydrogens (tertiary/aromatic N) is 5. The molecule has 0 spiro atoms. The van der Waals surface area contributed by atoms with Gasteiger partial charge in [0.05, 0.1) is 37.5 Å². The number of aromatic nitrogens is 4. The summed E-state index contributed by atoms with van der Waals surface area (Å²) in [5.41, 5.74) is 5.88. The normalized spacial score (nSPS) is 14.1. The van der Waals surface area contributed by atoms with E-state index in [1.54, 1.807) is 6.20 Å². The lowest BCUT2D eigenvalue weighted by atomic mass is 9.77. The highest BCUT2D eigenvalue weighted by atomic mass is 16.5. The molecule has 40 heavy (non-hydrogen) atoms. The SMILES string of the molecule is On1cc(-c2cnn(C(c3ccccc3)(c3ccccc3)c3ccccc3)c2)c2cc(N3CCOCC3)cnc21. The van der Waals surface area contributed by atoms with Gasteiger partial charge in [-0.2, -0.15) is 9.83 Å². The standard InChI is InChI=1S/C33H29N5O2/c39-37-24-31(30-20-29(22-34-32(30)37)36-16-18-40-19-17-36)25-21-35-38(23-25)33(26-10-4-1-5-11-26,27-12-6-2-7-13-27)28-14-8-3-9-15-28/h1-15,20-24,39H,16-19H2. The first-order chi connectivity index (χ1) is 19.7. The number of morpholine rings is 1. The molecule has 4 heterocycles. The highest BCUT2D eigenvalue weighted by Crippen LogP contribution is 2.41. The first-order valence-electron chi connectivity index (χ1n) is 13.5. The van der Waals surface area contributed by atoms with Crippen LogP contribution < -0.4 is 4.90 Å². The molecule has 0 saturated carbocycles. The fourth-order valence-electron chi connectivity index (χ4n) is 5.88. The maximum atomic E-state index is 10.7. The van der Waals surface area contributed by atoms with Crippen molar-refractivity contribution in [3.8, 4) is 11.1 Å². The second-order valence-corrected chi connectivity index (χ2v) is 10.0. The average Bonchev–Trinajstić information content (AvgIpc) is 3.64. The van der Waals surface area contributed by atoms with Crippen LogP contribution in [0.1, 0.15) is 16.7 Å². The van der Waals surface area contributed by atoms with E-state index in [0.29, 0.717) is 18.9 Å². The monoisotopic (exact) mass is 527 g/mol. The van der Waals surface area contributed by atoms with Crippen LogP contribution >= 0.6 is 0 Å². The van der Waals surface area contributed by atoms with Crippen LogP contribution in [0.25, 0.3) is 22.2 Å². The van der Waals surface area contributed by atoms with Crippen molar-refractivity contribution in [2.24, 2.45) is 0 Å². The van der Waals surface area contributed by atoms with Gasteiger partial charge in [-0.15, -0.1) is 0 Å². The lowest BCUT2D eigenvalue weighted by Crippen LogP contribution is -2.38. The van der Waals surface area contributed by atoms with E-state index in [9.17, 15) is 5.21 Å². The molecule has 1 aliphatic heterocycles. The largest absolute Gasteiger partial charge is 0.427 e. The first kappa shape index (κ1) is 24.2. The van der Waals surface area contributed by atoms with E-state index in [0.717, 1.165) is 56.7 Å². The Hall–Kier alpha value is -4.88. The fourth-order valence-corrected chi connectivity index (χ4v) is 5.88. The predicted octanol–water partition coefficient (Wildman–Crippen LogP) is 5.81. The molecule has 7 nitrogen and oxygen atoms in total. The van der Waals surface area contributed by atoms with E-state index in [4.69, 9.17) is 9.84 Å². The third-order valence-corrected chi connectivity index (χ3v) is 7.80. The number of ether oxygens (including phenoxy) is 1. The molecule has 1 N–H and O–H groups in total. The van der Waals surface area contributed by atoms with Crippen LogP contribution in [0.15, 0.2) is 122 Å². The Balaban J connectivity index is 1.43. The maximum absolute atomic E-state index is 10.7. The molecule has 1 fully saturated rings. The van der Waals surface area contributed by atoms with Crippen molar-refractivity contribution in [1.82, 2.24) is 19.5 Å². The van der Waals surface area contributed by atoms with Crippen LogP contribution in [0, 0.1) is 0 Å². The molecular weight excluding hydrogens is 498 g/mol. The zero-order chi connectivity index (χ0) is 26.9. The maximum Gasteiger partial charge on any atom is 0.175 e. The Bertz CT molecular complexity index is 1640. The molecule has 7 rings (SSSR count). The minimum atomic E-state index is -0.711. The molecule has 0 atom stereocenters. The van der Waals surface area contributed by atoms with E-state index >= 15 is 0 Å². The third-order valence-electron chi connectivity index (χ3n) is 7.80. The fraction of sp³-hybridized carbons (Fsp3) is 0.152. The van der Waals surface area contributed by atoms with Gasteiger partial charge >= 0.3 is 0 Å². The van der Waals surface area contributed by atoms with Crippen molar-refractivity contribution in [2.45, 2.75) is 5.54 Å². The van der Waals surface area contributed by atoms with E-state index < -0.39 is 5.54 Å². The third kappa shape index (κ3) is 3.94. The Kier molecular flexibility index (Phi) is 6.06. The van der Waals surface area contributed by atoms with Gasteiger partial charge in [0, 0.05) is 35.8 Å². The van der Waals surface area contributed by atoms with Gasteiger partial charge in [-0.1, -0.05) is 91.0 Å². The van der Waals surface area contributed by atoms with E-state index in [1.807, 2.05) is 35.3 Å². The summed E-state index contributed by atoms with van der Waals surface area (Å²) >= 11 is 0. The number of anilines is 1. The summed E-state index contributed by atoms with van der Waals surface area (Å²) in [5.74, 6) is 0. The number of rotatable bonds is 6. The molecule has 7 heteroatoms. The molecule has 0 aliphatic carbocycles. The zero-order valence-electron chi connectivity index (χ0n) is 22.0. The minimum Gasteiger partial charge on any atom is -0.427 e. The molecule has 3 aromatic heterocycles. The van der Waals surface area contributed by atoms with Gasteiger partial charge < -0.3 is 14.8 Å². The molecule has 198 valence electrons. The zero-order valence-corrected chi connectivity index (χ0v) is 22.0. The predicted molar refractivity (Wildman–Crippen MR) is 156 cm³/mol. The summed E-state index contributed by atoms with van der Waals surface area (Å²) in [7, 11) is 0. The average molecular weight is 528 g/mol. The second kappa shape index (κ2) is 10.0. The molecule has 1 saturated heterocycles. The quantitative estimate of drug-likeness (QED) is 0.219. The molecule has 0 amide bonds. The van der Waals surface area contributed by atoms with Crippen LogP contribution in [0.4, 0.5) is 5.69 Å². The van der Waals surface area contributed by atoms with E-state index in [2.05, 4.69) is 94.9 Å². The molecule has 0 bridgehead atoms. The van der Waals surface area contributed by atoms with Gasteiger partial charge in [0.1, 0.15) is 5.54 Å². The first-order valence-corrected chi connectivity index (χ1v) is 13.5. The van der Waals surface area contributed by atoms with Crippen molar-refractivity contribution in [3.63, 3.8) is 0 Å². The minimum absolute atomic E-state index is 0.514. The molecule has 0 unspecified atom stereocenters. The van der Waals surface area contributed by atoms with Crippen LogP contribution in [0.2, 0.25) is 0 Å². The molecule has 6 aromatic rings. The molecule has 3 aromatic carbocycles. The lowest BCUT2D eigenvalue weighted by Gasteiger charge is -2.36. The van der Waals surface area contributed by atoms with E-state index in [1.165, 1.54) is 0 Å². The van der Waals surface area contributed by atoms with Gasteiger partial charge in [0.2, 0.25) is 0 Å². The number of benzene rings is 3. The Morgan fingerprint density at radius 1 is 0.725 bits per heavy atom. The topological polar surface area (TPSA) is 68.3 Å². The smallest absolute Gasteiger partial charge is 0.175 e. The number of hydrogen-bond acceptors (Lipinski definition) is 5. The summed E-state index contributed by atoms with van der Waals surface area (Å²) in [6.07, 6.45) is 7.49. The van der Waals surface area contributed by atoms with Gasteiger partial charge in [-0.25, -0.2) is 4.98 Å². The van der Waals surface area contributed by atoms with E-state index in [-0.39, 0.29) is 0 Å². The van der Waals surface area contributed by atoms with Crippen molar-refractivity contribution >= 4 is 16.7 Å². The second-order valence-electron chi connectivity index (χ2n) is 10.0. The molecule has 1 aliphatic rings. The summed E-state index contributed by atoms with van der Waals surface area (Å²) in [6.45, 7) is 3.01. The number of hydrogen-bond donors (Lipinski definition) is 1. The van der Waals surface area contributed by atoms with Crippen LogP contribution in [-0.4, -0.2) is 51.0 Å². The van der Waals surface area contributed by atoms with Crippen LogP contribution in [-0.2, 0) is 10.3 Å². The Morgan fingerprint density at radius 3 is 1.88 bits per heavy atom. The number of fused-ring (bicyclic) bond motifs is 1. The Morgan fingerprint density at radius 2 is 1.30 bits per heavy atom. The molecule has 0 radical (unpaired) electrons. The van der Waals surface area contributed by atoms with Crippen molar-refractivity contribution in [1.29, 1.82) is 0 Å². The van der Waals surface area contributed by atoms with Gasteiger partial charge in [-0.05, 0) is 22.8 Å². The van der Waals surface area contributed by atoms with Gasteiger partial charge in [0.25, 0.3) is 0 Å². The van der Waals surface area contributed by atoms with Crippen molar-refractivity contribution in [3.05, 3.63) is 139 Å². The van der Waals surface area contributed by atoms with Crippen molar-refractivity contribution < 1.29 is 9.94 Å². The summed E-state index contributed by atoms with van der Waals surface area (Å²) < 4.78 is 8.68. The lowest BCUT2D eigenvalue weighted by molar-refractivity contribution is 0.122. The van der Waals surface area contributed by atoms with Crippen LogP contribution in [0.5, 0.6) is 0 Å². The van der Waals surface area contributed by atoms with Gasteiger partial charge in [0.15, 0.2) is 5.65 Å². The summed E-state index contributed by atoms with van der Waals surface area (Å²) in [4.78, 5) is 6.87. The summed E-state index contributed by atoms with van der Waals surface area (Å²) in [6, 6.07) is 33.5. The number of pyridine rings is 1. The summed E-state index contributed by atoms with van der Waals surface area (Å²) in [5, 5.41) is 16.6. The Labute approximate surface area is 232 Å². The highest BCUT2D eigenvalue weighted by molar-refractivity contribution is 5.95. The van der Waals surface area contributed by atoms with Gasteiger partial charge in [-0.3, -0.25) is 4.68 Å². The van der Waals surface area contributed by atoms with Crippen LogP contribution in [0.3, 0.4) is 0 Å². The molecular formula is C33H29N5O2. The highest BCUT2D eigenvalue weighted by Gasteiger charge is 2.39. The van der Waals surface area contributed by atoms with Crippen molar-refractivity contribution in [2.75, 3.05) is 31.2 Å².